The van der Waals surface area contributed by atoms with Gasteiger partial charge < -0.3 is 15.0 Å². The summed E-state index contributed by atoms with van der Waals surface area (Å²) in [7, 11) is 0. The minimum atomic E-state index is -4.09. The van der Waals surface area contributed by atoms with Crippen LogP contribution in [-0.2, 0) is 4.74 Å². The smallest absolute Gasteiger partial charge is 0.407 e. The maximum atomic E-state index is 12.0. The number of nitrogens with zero attached hydrogens (tertiary/aromatic N) is 1. The third-order valence-corrected chi connectivity index (χ3v) is 2.93. The molecule has 0 aromatic heterocycles. The molecule has 1 aliphatic heterocycles. The summed E-state index contributed by atoms with van der Waals surface area (Å²) in [4.78, 5) is 13.5. The van der Waals surface area contributed by atoms with Gasteiger partial charge in [-0.3, -0.25) is 0 Å². The van der Waals surface area contributed by atoms with E-state index >= 15 is 0 Å². The van der Waals surface area contributed by atoms with E-state index in [1.54, 1.807) is 20.8 Å². The van der Waals surface area contributed by atoms with Crippen molar-refractivity contribution < 1.29 is 22.7 Å². The van der Waals surface area contributed by atoms with E-state index in [-0.39, 0.29) is 12.5 Å². The van der Waals surface area contributed by atoms with Crippen molar-refractivity contribution >= 4 is 6.09 Å². The van der Waals surface area contributed by atoms with Crippen LogP contribution in [0.25, 0.3) is 0 Å². The lowest BCUT2D eigenvalue weighted by Gasteiger charge is -2.22. The van der Waals surface area contributed by atoms with E-state index in [4.69, 9.17) is 4.74 Å². The van der Waals surface area contributed by atoms with Gasteiger partial charge in [-0.05, 0) is 40.2 Å². The van der Waals surface area contributed by atoms with Crippen molar-refractivity contribution in [2.45, 2.75) is 57.9 Å². The Balaban J connectivity index is 2.21. The zero-order valence-corrected chi connectivity index (χ0v) is 12.2. The van der Waals surface area contributed by atoms with Crippen LogP contribution in [0.15, 0.2) is 0 Å². The summed E-state index contributed by atoms with van der Waals surface area (Å²) >= 11 is 0. The fourth-order valence-corrected chi connectivity index (χ4v) is 2.13. The van der Waals surface area contributed by atoms with Crippen LogP contribution in [0.1, 0.15) is 40.0 Å². The maximum Gasteiger partial charge on any atom is 0.407 e. The number of alkyl halides is 3. The topological polar surface area (TPSA) is 41.6 Å². The fourth-order valence-electron chi connectivity index (χ4n) is 2.13. The molecule has 118 valence electrons. The molecular formula is C13H23F3N2O2. The van der Waals surface area contributed by atoms with Gasteiger partial charge in [0.1, 0.15) is 5.60 Å². The number of carbonyl (C=O) groups excluding carboxylic acids is 1. The molecule has 1 fully saturated rings. The number of hydrogen-bond acceptors (Lipinski definition) is 3. The van der Waals surface area contributed by atoms with Gasteiger partial charge in [-0.25, -0.2) is 4.79 Å². The second-order valence-corrected chi connectivity index (χ2v) is 6.15. The second-order valence-electron chi connectivity index (χ2n) is 6.15. The van der Waals surface area contributed by atoms with Crippen LogP contribution in [-0.4, -0.2) is 48.4 Å². The highest BCUT2D eigenvalue weighted by Crippen LogP contribution is 2.22. The van der Waals surface area contributed by atoms with Gasteiger partial charge in [0.2, 0.25) is 0 Å². The second kappa shape index (κ2) is 6.65. The molecular weight excluding hydrogens is 273 g/mol. The summed E-state index contributed by atoms with van der Waals surface area (Å²) in [6.07, 6.45) is -4.48. The summed E-state index contributed by atoms with van der Waals surface area (Å²) in [5.74, 6) is 0. The predicted octanol–water partition coefficient (Wildman–Crippen LogP) is 2.93. The van der Waals surface area contributed by atoms with Crippen LogP contribution in [0.4, 0.5) is 18.0 Å². The highest BCUT2D eigenvalue weighted by Gasteiger charge is 2.29. The lowest BCUT2D eigenvalue weighted by molar-refractivity contribution is -0.136. The first-order valence-electron chi connectivity index (χ1n) is 6.84. The fraction of sp³-hybridized carbons (Fsp3) is 0.923. The Morgan fingerprint density at radius 1 is 1.35 bits per heavy atom. The molecule has 20 heavy (non-hydrogen) atoms. The Morgan fingerprint density at radius 3 is 2.55 bits per heavy atom. The first kappa shape index (κ1) is 17.1. The molecule has 0 aromatic carbocycles. The first-order valence-corrected chi connectivity index (χ1v) is 6.84. The van der Waals surface area contributed by atoms with E-state index in [1.165, 1.54) is 0 Å². The van der Waals surface area contributed by atoms with Crippen molar-refractivity contribution in [3.8, 4) is 0 Å². The van der Waals surface area contributed by atoms with Crippen molar-refractivity contribution in [3.63, 3.8) is 0 Å². The first-order chi connectivity index (χ1) is 9.05. The molecule has 0 radical (unpaired) electrons. The zero-order chi connectivity index (χ0) is 15.4. The molecule has 0 bridgehead atoms. The van der Waals surface area contributed by atoms with Gasteiger partial charge in [0.05, 0.1) is 0 Å². The molecule has 4 nitrogen and oxygen atoms in total. The number of hydrogen-bond donors (Lipinski definition) is 1. The SMILES string of the molecule is CC(C)(C)OC(=O)N[C@H]1CCN(CCCC(F)(F)F)C1. The molecule has 0 spiro atoms. The normalized spacial score (nSPS) is 21.0. The van der Waals surface area contributed by atoms with Crippen molar-refractivity contribution in [1.82, 2.24) is 10.2 Å². The van der Waals surface area contributed by atoms with Crippen LogP contribution in [0.2, 0.25) is 0 Å². The highest BCUT2D eigenvalue weighted by atomic mass is 19.4. The van der Waals surface area contributed by atoms with Crippen LogP contribution < -0.4 is 5.32 Å². The number of alkyl carbamates (subject to hydrolysis) is 1. The van der Waals surface area contributed by atoms with Gasteiger partial charge in [-0.1, -0.05) is 0 Å². The largest absolute Gasteiger partial charge is 0.444 e. The molecule has 1 atom stereocenters. The van der Waals surface area contributed by atoms with Crippen LogP contribution >= 0.6 is 0 Å². The summed E-state index contributed by atoms with van der Waals surface area (Å²) in [5.41, 5.74) is -0.547. The third kappa shape index (κ3) is 7.57. The van der Waals surface area contributed by atoms with Gasteiger partial charge in [0.25, 0.3) is 0 Å². The number of ether oxygens (including phenoxy) is 1. The molecule has 1 heterocycles. The number of halogens is 3. The lowest BCUT2D eigenvalue weighted by atomic mass is 10.2. The summed E-state index contributed by atoms with van der Waals surface area (Å²) in [6.45, 7) is 7.04. The minimum Gasteiger partial charge on any atom is -0.444 e. The molecule has 0 aromatic rings. The van der Waals surface area contributed by atoms with E-state index in [2.05, 4.69) is 5.32 Å². The molecule has 1 aliphatic rings. The van der Waals surface area contributed by atoms with E-state index in [0.29, 0.717) is 19.6 Å². The van der Waals surface area contributed by atoms with Crippen molar-refractivity contribution in [3.05, 3.63) is 0 Å². The van der Waals surface area contributed by atoms with E-state index < -0.39 is 24.3 Å². The standard InChI is InChI=1S/C13H23F3N2O2/c1-12(2,3)20-11(19)17-10-5-8-18(9-10)7-4-6-13(14,15)16/h10H,4-9H2,1-3H3,(H,17,19)/t10-/m0/s1. The number of nitrogens with one attached hydrogen (secondary N) is 1. The van der Waals surface area contributed by atoms with Crippen molar-refractivity contribution in [2.75, 3.05) is 19.6 Å². The van der Waals surface area contributed by atoms with Crippen LogP contribution in [0.3, 0.4) is 0 Å². The van der Waals surface area contributed by atoms with E-state index in [0.717, 1.165) is 6.42 Å². The Kier molecular flexibility index (Phi) is 5.68. The average molecular weight is 296 g/mol. The Bertz CT molecular complexity index is 327. The highest BCUT2D eigenvalue weighted by molar-refractivity contribution is 5.68. The van der Waals surface area contributed by atoms with Gasteiger partial charge in [-0.2, -0.15) is 13.2 Å². The number of likely N-dealkylation sites (tertiary alicyclic amines) is 1. The van der Waals surface area contributed by atoms with Crippen molar-refractivity contribution in [2.24, 2.45) is 0 Å². The number of carbonyl (C=O) groups is 1. The lowest BCUT2D eigenvalue weighted by Crippen LogP contribution is -2.40. The molecule has 0 unspecified atom stereocenters. The third-order valence-electron chi connectivity index (χ3n) is 2.93. The Morgan fingerprint density at radius 2 is 2.00 bits per heavy atom. The average Bonchev–Trinajstić information content (AvgIpc) is 2.60. The van der Waals surface area contributed by atoms with Crippen LogP contribution in [0.5, 0.6) is 0 Å². The zero-order valence-electron chi connectivity index (χ0n) is 12.2. The Hall–Kier alpha value is -0.980. The predicted molar refractivity (Wildman–Crippen MR) is 69.5 cm³/mol. The monoisotopic (exact) mass is 296 g/mol. The Labute approximate surface area is 117 Å². The quantitative estimate of drug-likeness (QED) is 0.867. The summed E-state index contributed by atoms with van der Waals surface area (Å²) < 4.78 is 41.3. The molecule has 0 aliphatic carbocycles. The van der Waals surface area contributed by atoms with Gasteiger partial charge >= 0.3 is 12.3 Å². The molecule has 1 amide bonds. The summed E-state index contributed by atoms with van der Waals surface area (Å²) in [5, 5.41) is 2.75. The van der Waals surface area contributed by atoms with E-state index in [1.807, 2.05) is 4.90 Å². The molecule has 1 saturated heterocycles. The summed E-state index contributed by atoms with van der Waals surface area (Å²) in [6, 6.07) is -0.0456. The van der Waals surface area contributed by atoms with Crippen molar-refractivity contribution in [1.29, 1.82) is 0 Å². The molecule has 1 N–H and O–H groups in total. The molecule has 1 rings (SSSR count). The van der Waals surface area contributed by atoms with Gasteiger partial charge in [0.15, 0.2) is 0 Å². The number of amides is 1. The van der Waals surface area contributed by atoms with E-state index in [9.17, 15) is 18.0 Å². The van der Waals surface area contributed by atoms with Gasteiger partial charge in [0, 0.05) is 25.6 Å². The van der Waals surface area contributed by atoms with Gasteiger partial charge in [-0.15, -0.1) is 0 Å². The number of rotatable bonds is 4. The minimum absolute atomic E-state index is 0.0456. The molecule has 7 heteroatoms. The molecule has 0 saturated carbocycles. The maximum absolute atomic E-state index is 12.0. The van der Waals surface area contributed by atoms with Crippen LogP contribution in [0, 0.1) is 0 Å².